The summed E-state index contributed by atoms with van der Waals surface area (Å²) < 4.78 is 2.38. The van der Waals surface area contributed by atoms with E-state index >= 15 is 0 Å². The maximum atomic E-state index is 5.86. The van der Waals surface area contributed by atoms with Gasteiger partial charge in [-0.1, -0.05) is 0 Å². The fourth-order valence-electron chi connectivity index (χ4n) is 1.30. The SMILES string of the molecule is Nc1cc(CCl)c2ccsc2c1I. The molecule has 2 aromatic rings. The number of rotatable bonds is 1. The van der Waals surface area contributed by atoms with E-state index in [-0.39, 0.29) is 0 Å². The average molecular weight is 324 g/mol. The first kappa shape index (κ1) is 9.55. The van der Waals surface area contributed by atoms with Gasteiger partial charge in [0.05, 0.1) is 3.57 Å². The Hall–Kier alpha value is -0.000000000000000111. The third-order valence-electron chi connectivity index (χ3n) is 1.94. The Labute approximate surface area is 99.0 Å². The number of hydrogen-bond donors (Lipinski definition) is 1. The van der Waals surface area contributed by atoms with Crippen molar-refractivity contribution in [2.45, 2.75) is 5.88 Å². The van der Waals surface area contributed by atoms with E-state index in [0.29, 0.717) is 5.88 Å². The lowest BCUT2D eigenvalue weighted by Gasteiger charge is -2.04. The Kier molecular flexibility index (Phi) is 2.67. The molecule has 0 fully saturated rings. The van der Waals surface area contributed by atoms with Gasteiger partial charge >= 0.3 is 0 Å². The van der Waals surface area contributed by atoms with E-state index in [9.17, 15) is 0 Å². The summed E-state index contributed by atoms with van der Waals surface area (Å²) in [5.74, 6) is 0.522. The third kappa shape index (κ3) is 1.53. The van der Waals surface area contributed by atoms with E-state index in [0.717, 1.165) is 14.8 Å². The first-order valence-corrected chi connectivity index (χ1v) is 6.23. The van der Waals surface area contributed by atoms with Crippen LogP contribution in [0.25, 0.3) is 10.1 Å². The highest BCUT2D eigenvalue weighted by Crippen LogP contribution is 2.33. The van der Waals surface area contributed by atoms with Crippen LogP contribution >= 0.6 is 45.5 Å². The number of nitrogen functional groups attached to an aromatic ring is 1. The number of benzene rings is 1. The van der Waals surface area contributed by atoms with Crippen molar-refractivity contribution >= 4 is 61.3 Å². The molecule has 0 radical (unpaired) electrons. The molecule has 1 aromatic carbocycles. The summed E-state index contributed by atoms with van der Waals surface area (Å²) in [5.41, 5.74) is 7.81. The fourth-order valence-corrected chi connectivity index (χ4v) is 3.24. The molecule has 1 nitrogen and oxygen atoms in total. The first-order valence-electron chi connectivity index (χ1n) is 3.74. The number of nitrogens with two attached hydrogens (primary N) is 1. The van der Waals surface area contributed by atoms with E-state index < -0.39 is 0 Å². The summed E-state index contributed by atoms with van der Waals surface area (Å²) in [6.07, 6.45) is 0. The van der Waals surface area contributed by atoms with Crippen LogP contribution in [-0.4, -0.2) is 0 Å². The number of alkyl halides is 1. The molecule has 0 saturated carbocycles. The third-order valence-corrected chi connectivity index (χ3v) is 4.69. The number of halogens is 2. The van der Waals surface area contributed by atoms with Gasteiger partial charge in [-0.25, -0.2) is 0 Å². The zero-order chi connectivity index (χ0) is 9.42. The van der Waals surface area contributed by atoms with Gasteiger partial charge in [0.1, 0.15) is 0 Å². The van der Waals surface area contributed by atoms with Crippen LogP contribution < -0.4 is 5.73 Å². The molecule has 0 aliphatic heterocycles. The minimum atomic E-state index is 0.522. The van der Waals surface area contributed by atoms with Crippen molar-refractivity contribution in [1.29, 1.82) is 0 Å². The lowest BCUT2D eigenvalue weighted by molar-refractivity contribution is 1.45. The highest BCUT2D eigenvalue weighted by atomic mass is 127. The average Bonchev–Trinajstić information content (AvgIpc) is 2.60. The summed E-state index contributed by atoms with van der Waals surface area (Å²) in [6.45, 7) is 0. The van der Waals surface area contributed by atoms with Gasteiger partial charge in [-0.15, -0.1) is 22.9 Å². The van der Waals surface area contributed by atoms with Gasteiger partial charge < -0.3 is 5.73 Å². The molecule has 0 unspecified atom stereocenters. The summed E-state index contributed by atoms with van der Waals surface area (Å²) in [5, 5.41) is 3.31. The first-order chi connectivity index (χ1) is 6.24. The maximum Gasteiger partial charge on any atom is 0.0538 e. The van der Waals surface area contributed by atoms with Gasteiger partial charge in [0.25, 0.3) is 0 Å². The Bertz CT molecular complexity index is 452. The predicted octanol–water partition coefficient (Wildman–Crippen LogP) is 3.83. The summed E-state index contributed by atoms with van der Waals surface area (Å²) >= 11 is 9.82. The van der Waals surface area contributed by atoms with E-state index in [1.54, 1.807) is 11.3 Å². The molecule has 2 rings (SSSR count). The molecule has 13 heavy (non-hydrogen) atoms. The largest absolute Gasteiger partial charge is 0.398 e. The number of fused-ring (bicyclic) bond motifs is 1. The van der Waals surface area contributed by atoms with Crippen LogP contribution in [-0.2, 0) is 5.88 Å². The van der Waals surface area contributed by atoms with E-state index in [4.69, 9.17) is 17.3 Å². The number of anilines is 1. The monoisotopic (exact) mass is 323 g/mol. The van der Waals surface area contributed by atoms with Crippen molar-refractivity contribution in [1.82, 2.24) is 0 Å². The highest BCUT2D eigenvalue weighted by Gasteiger charge is 2.08. The molecular formula is C9H7ClINS. The molecular weight excluding hydrogens is 317 g/mol. The van der Waals surface area contributed by atoms with E-state index in [1.165, 1.54) is 10.1 Å². The Morgan fingerprint density at radius 2 is 2.31 bits per heavy atom. The molecule has 4 heteroatoms. The van der Waals surface area contributed by atoms with Crippen LogP contribution in [0.5, 0.6) is 0 Å². The maximum absolute atomic E-state index is 5.86. The summed E-state index contributed by atoms with van der Waals surface area (Å²) in [7, 11) is 0. The number of thiophene rings is 1. The standard InChI is InChI=1S/C9H7ClINS/c10-4-5-3-7(12)8(11)9-6(5)1-2-13-9/h1-3H,4,12H2. The topological polar surface area (TPSA) is 26.0 Å². The number of hydrogen-bond acceptors (Lipinski definition) is 2. The van der Waals surface area contributed by atoms with Crippen molar-refractivity contribution < 1.29 is 0 Å². The van der Waals surface area contributed by atoms with Crippen LogP contribution in [0.4, 0.5) is 5.69 Å². The normalized spacial score (nSPS) is 10.9. The second-order valence-electron chi connectivity index (χ2n) is 2.74. The van der Waals surface area contributed by atoms with E-state index in [1.807, 2.05) is 6.07 Å². The second kappa shape index (κ2) is 3.63. The predicted molar refractivity (Wildman–Crippen MR) is 68.5 cm³/mol. The molecule has 0 atom stereocenters. The van der Waals surface area contributed by atoms with Gasteiger partial charge in [-0.3, -0.25) is 0 Å². The molecule has 1 heterocycles. The zero-order valence-electron chi connectivity index (χ0n) is 6.68. The van der Waals surface area contributed by atoms with Crippen LogP contribution in [0.15, 0.2) is 17.5 Å². The fraction of sp³-hybridized carbons (Fsp3) is 0.111. The van der Waals surface area contributed by atoms with Gasteiger partial charge in [0.2, 0.25) is 0 Å². The Morgan fingerprint density at radius 1 is 1.54 bits per heavy atom. The van der Waals surface area contributed by atoms with Crippen molar-refractivity contribution in [3.8, 4) is 0 Å². The van der Waals surface area contributed by atoms with Crippen LogP contribution in [0.2, 0.25) is 0 Å². The molecule has 1 aromatic heterocycles. The molecule has 2 N–H and O–H groups in total. The molecule has 68 valence electrons. The summed E-state index contributed by atoms with van der Waals surface area (Å²) in [6, 6.07) is 4.06. The van der Waals surface area contributed by atoms with Gasteiger partial charge in [-0.05, 0) is 51.1 Å². The quantitative estimate of drug-likeness (QED) is 0.482. The van der Waals surface area contributed by atoms with Crippen molar-refractivity contribution in [3.05, 3.63) is 26.6 Å². The van der Waals surface area contributed by atoms with Crippen LogP contribution in [0.1, 0.15) is 5.56 Å². The molecule has 0 aliphatic carbocycles. The summed E-state index contributed by atoms with van der Waals surface area (Å²) in [4.78, 5) is 0. The highest BCUT2D eigenvalue weighted by molar-refractivity contribution is 14.1. The molecule has 0 spiro atoms. The molecule has 0 bridgehead atoms. The smallest absolute Gasteiger partial charge is 0.0538 e. The van der Waals surface area contributed by atoms with Gasteiger partial charge in [-0.2, -0.15) is 0 Å². The lowest BCUT2D eigenvalue weighted by Crippen LogP contribution is -1.91. The van der Waals surface area contributed by atoms with Crippen molar-refractivity contribution in [3.63, 3.8) is 0 Å². The Balaban J connectivity index is 2.87. The Morgan fingerprint density at radius 3 is 3.00 bits per heavy atom. The van der Waals surface area contributed by atoms with Crippen molar-refractivity contribution in [2.24, 2.45) is 0 Å². The molecule has 0 saturated heterocycles. The van der Waals surface area contributed by atoms with E-state index in [2.05, 4.69) is 34.0 Å². The van der Waals surface area contributed by atoms with Crippen LogP contribution in [0, 0.1) is 3.57 Å². The zero-order valence-corrected chi connectivity index (χ0v) is 10.4. The second-order valence-corrected chi connectivity index (χ2v) is 5.00. The minimum Gasteiger partial charge on any atom is -0.398 e. The molecule has 0 amide bonds. The van der Waals surface area contributed by atoms with Gasteiger partial charge in [0.15, 0.2) is 0 Å². The lowest BCUT2D eigenvalue weighted by atomic mass is 10.1. The molecule has 0 aliphatic rings. The van der Waals surface area contributed by atoms with Crippen molar-refractivity contribution in [2.75, 3.05) is 5.73 Å². The minimum absolute atomic E-state index is 0.522. The van der Waals surface area contributed by atoms with Crippen LogP contribution in [0.3, 0.4) is 0 Å². The van der Waals surface area contributed by atoms with Gasteiger partial charge in [0, 0.05) is 16.3 Å².